The molecule has 0 radical (unpaired) electrons. The minimum absolute atomic E-state index is 0.0459. The van der Waals surface area contributed by atoms with E-state index in [4.69, 9.17) is 12.2 Å². The number of hydrogen-bond acceptors (Lipinski definition) is 4. The van der Waals surface area contributed by atoms with Gasteiger partial charge >= 0.3 is 0 Å². The van der Waals surface area contributed by atoms with Crippen LogP contribution >= 0.6 is 12.2 Å². The van der Waals surface area contributed by atoms with Crippen molar-refractivity contribution in [2.45, 2.75) is 26.7 Å². The van der Waals surface area contributed by atoms with Crippen LogP contribution in [0.2, 0.25) is 0 Å². The first-order valence-corrected chi connectivity index (χ1v) is 8.71. The SMILES string of the molecule is CCCC(=O)NC(=S)Nc1ccc(N2CCN(CC)CC2)cc1. The van der Waals surface area contributed by atoms with Crippen molar-refractivity contribution in [1.29, 1.82) is 0 Å². The Morgan fingerprint density at radius 3 is 2.35 bits per heavy atom. The normalized spacial score (nSPS) is 15.3. The van der Waals surface area contributed by atoms with Crippen LogP contribution in [0, 0.1) is 0 Å². The molecule has 0 atom stereocenters. The maximum Gasteiger partial charge on any atom is 0.226 e. The fourth-order valence-electron chi connectivity index (χ4n) is 2.66. The Bertz CT molecular complexity index is 524. The van der Waals surface area contributed by atoms with Crippen molar-refractivity contribution < 1.29 is 4.79 Å². The number of hydrogen-bond donors (Lipinski definition) is 2. The first kappa shape index (κ1) is 17.7. The van der Waals surface area contributed by atoms with Crippen molar-refractivity contribution in [2.75, 3.05) is 42.9 Å². The zero-order chi connectivity index (χ0) is 16.7. The summed E-state index contributed by atoms with van der Waals surface area (Å²) in [6.07, 6.45) is 1.30. The fraction of sp³-hybridized carbons (Fsp3) is 0.529. The average molecular weight is 334 g/mol. The molecule has 0 aromatic heterocycles. The highest BCUT2D eigenvalue weighted by atomic mass is 32.1. The molecule has 1 heterocycles. The summed E-state index contributed by atoms with van der Waals surface area (Å²) in [5.74, 6) is -0.0459. The minimum Gasteiger partial charge on any atom is -0.369 e. The molecule has 0 spiro atoms. The Kier molecular flexibility index (Phi) is 6.80. The third-order valence-corrected chi connectivity index (χ3v) is 4.24. The van der Waals surface area contributed by atoms with Crippen LogP contribution in [0.4, 0.5) is 11.4 Å². The molecule has 0 bridgehead atoms. The van der Waals surface area contributed by atoms with Crippen LogP contribution in [-0.4, -0.2) is 48.6 Å². The lowest BCUT2D eigenvalue weighted by atomic mass is 10.2. The predicted octanol–water partition coefficient (Wildman–Crippen LogP) is 2.44. The van der Waals surface area contributed by atoms with E-state index in [1.807, 2.05) is 19.1 Å². The van der Waals surface area contributed by atoms with E-state index in [-0.39, 0.29) is 5.91 Å². The van der Waals surface area contributed by atoms with Gasteiger partial charge in [0.15, 0.2) is 5.11 Å². The van der Waals surface area contributed by atoms with Gasteiger partial charge in [0, 0.05) is 44.0 Å². The van der Waals surface area contributed by atoms with E-state index in [1.54, 1.807) is 0 Å². The van der Waals surface area contributed by atoms with Crippen LogP contribution < -0.4 is 15.5 Å². The summed E-state index contributed by atoms with van der Waals surface area (Å²) in [5.41, 5.74) is 2.12. The van der Waals surface area contributed by atoms with Gasteiger partial charge in [-0.2, -0.15) is 0 Å². The summed E-state index contributed by atoms with van der Waals surface area (Å²) in [6, 6.07) is 8.19. The third kappa shape index (κ3) is 5.48. The Morgan fingerprint density at radius 1 is 1.13 bits per heavy atom. The van der Waals surface area contributed by atoms with Crippen LogP contribution in [0.25, 0.3) is 0 Å². The van der Waals surface area contributed by atoms with Crippen molar-refractivity contribution >= 4 is 34.6 Å². The Balaban J connectivity index is 1.85. The summed E-state index contributed by atoms with van der Waals surface area (Å²) < 4.78 is 0. The van der Waals surface area contributed by atoms with E-state index in [1.165, 1.54) is 5.69 Å². The van der Waals surface area contributed by atoms with Crippen molar-refractivity contribution in [2.24, 2.45) is 0 Å². The van der Waals surface area contributed by atoms with Crippen LogP contribution in [0.15, 0.2) is 24.3 Å². The van der Waals surface area contributed by atoms with Crippen LogP contribution in [-0.2, 0) is 4.79 Å². The van der Waals surface area contributed by atoms with E-state index in [0.717, 1.165) is 44.8 Å². The number of carbonyl (C=O) groups excluding carboxylic acids is 1. The average Bonchev–Trinajstić information content (AvgIpc) is 2.56. The summed E-state index contributed by atoms with van der Waals surface area (Å²) in [4.78, 5) is 16.4. The molecule has 1 fully saturated rings. The zero-order valence-corrected chi connectivity index (χ0v) is 14.8. The maximum absolute atomic E-state index is 11.5. The third-order valence-electron chi connectivity index (χ3n) is 4.04. The Labute approximate surface area is 144 Å². The van der Waals surface area contributed by atoms with Gasteiger partial charge in [0.2, 0.25) is 5.91 Å². The van der Waals surface area contributed by atoms with Gasteiger partial charge in [0.25, 0.3) is 0 Å². The number of likely N-dealkylation sites (N-methyl/N-ethyl adjacent to an activating group) is 1. The first-order valence-electron chi connectivity index (χ1n) is 8.30. The molecule has 0 saturated carbocycles. The van der Waals surface area contributed by atoms with Gasteiger partial charge in [-0.1, -0.05) is 13.8 Å². The van der Waals surface area contributed by atoms with Crippen LogP contribution in [0.5, 0.6) is 0 Å². The molecule has 126 valence electrons. The van der Waals surface area contributed by atoms with Gasteiger partial charge < -0.3 is 20.4 Å². The topological polar surface area (TPSA) is 47.6 Å². The molecule has 1 aromatic rings. The first-order chi connectivity index (χ1) is 11.1. The number of amides is 1. The van der Waals surface area contributed by atoms with Gasteiger partial charge in [0.1, 0.15) is 0 Å². The fourth-order valence-corrected chi connectivity index (χ4v) is 2.89. The molecule has 6 heteroatoms. The van der Waals surface area contributed by atoms with Gasteiger partial charge in [-0.05, 0) is 49.4 Å². The number of nitrogens with one attached hydrogen (secondary N) is 2. The molecule has 1 aromatic carbocycles. The molecule has 2 rings (SSSR count). The largest absolute Gasteiger partial charge is 0.369 e. The molecule has 2 N–H and O–H groups in total. The molecule has 1 aliphatic rings. The number of anilines is 2. The van der Waals surface area contributed by atoms with E-state index in [0.29, 0.717) is 11.5 Å². The summed E-state index contributed by atoms with van der Waals surface area (Å²) in [5, 5.41) is 6.09. The molecular formula is C17H26N4OS. The van der Waals surface area contributed by atoms with Gasteiger partial charge in [-0.15, -0.1) is 0 Å². The van der Waals surface area contributed by atoms with Crippen molar-refractivity contribution in [3.8, 4) is 0 Å². The van der Waals surface area contributed by atoms with Crippen molar-refractivity contribution in [1.82, 2.24) is 10.2 Å². The van der Waals surface area contributed by atoms with Gasteiger partial charge in [0.05, 0.1) is 0 Å². The summed E-state index contributed by atoms with van der Waals surface area (Å²) in [7, 11) is 0. The highest BCUT2D eigenvalue weighted by Crippen LogP contribution is 2.19. The summed E-state index contributed by atoms with van der Waals surface area (Å²) in [6.45, 7) is 9.65. The lowest BCUT2D eigenvalue weighted by Crippen LogP contribution is -2.46. The second-order valence-corrected chi connectivity index (χ2v) is 6.13. The van der Waals surface area contributed by atoms with Gasteiger partial charge in [-0.3, -0.25) is 4.79 Å². The highest BCUT2D eigenvalue weighted by Gasteiger charge is 2.15. The van der Waals surface area contributed by atoms with Gasteiger partial charge in [-0.25, -0.2) is 0 Å². The molecule has 5 nitrogen and oxygen atoms in total. The highest BCUT2D eigenvalue weighted by molar-refractivity contribution is 7.80. The predicted molar refractivity (Wildman–Crippen MR) is 100 cm³/mol. The number of rotatable bonds is 5. The second-order valence-electron chi connectivity index (χ2n) is 5.72. The Hall–Kier alpha value is -1.66. The van der Waals surface area contributed by atoms with E-state index in [9.17, 15) is 4.79 Å². The molecule has 0 aliphatic carbocycles. The standard InChI is InChI=1S/C17H26N4OS/c1-3-5-16(22)19-17(23)18-14-6-8-15(9-7-14)21-12-10-20(4-2)11-13-21/h6-9H,3-5,10-13H2,1-2H3,(H2,18,19,22,23). The van der Waals surface area contributed by atoms with Crippen LogP contribution in [0.1, 0.15) is 26.7 Å². The molecule has 23 heavy (non-hydrogen) atoms. The van der Waals surface area contributed by atoms with E-state index >= 15 is 0 Å². The summed E-state index contributed by atoms with van der Waals surface area (Å²) >= 11 is 5.15. The second kappa shape index (κ2) is 8.84. The van der Waals surface area contributed by atoms with Crippen LogP contribution in [0.3, 0.4) is 0 Å². The molecular weight excluding hydrogens is 308 g/mol. The smallest absolute Gasteiger partial charge is 0.226 e. The molecule has 0 unspecified atom stereocenters. The minimum atomic E-state index is -0.0459. The lowest BCUT2D eigenvalue weighted by molar-refractivity contribution is -0.119. The van der Waals surface area contributed by atoms with E-state index < -0.39 is 0 Å². The van der Waals surface area contributed by atoms with Crippen molar-refractivity contribution in [3.63, 3.8) is 0 Å². The monoisotopic (exact) mass is 334 g/mol. The van der Waals surface area contributed by atoms with E-state index in [2.05, 4.69) is 39.5 Å². The number of piperazine rings is 1. The van der Waals surface area contributed by atoms with Crippen molar-refractivity contribution in [3.05, 3.63) is 24.3 Å². The number of benzene rings is 1. The Morgan fingerprint density at radius 2 is 1.78 bits per heavy atom. The molecule has 1 aliphatic heterocycles. The number of thiocarbonyl (C=S) groups is 1. The maximum atomic E-state index is 11.5. The number of carbonyl (C=O) groups is 1. The molecule has 1 amide bonds. The quantitative estimate of drug-likeness (QED) is 0.810. The molecule has 1 saturated heterocycles. The zero-order valence-electron chi connectivity index (χ0n) is 14.0. The number of nitrogens with zero attached hydrogens (tertiary/aromatic N) is 2. The lowest BCUT2D eigenvalue weighted by Gasteiger charge is -2.35.